The summed E-state index contributed by atoms with van der Waals surface area (Å²) < 4.78 is 2.24. The van der Waals surface area contributed by atoms with E-state index in [1.54, 1.807) is 0 Å². The minimum atomic E-state index is -0.0887. The van der Waals surface area contributed by atoms with Gasteiger partial charge in [0.25, 0.3) is 0 Å². The van der Waals surface area contributed by atoms with Crippen molar-refractivity contribution in [3.05, 3.63) is 83.3 Å². The predicted molar refractivity (Wildman–Crippen MR) is 115 cm³/mol. The summed E-state index contributed by atoms with van der Waals surface area (Å²) in [5.74, 6) is 0. The average Bonchev–Trinajstić information content (AvgIpc) is 2.87. The molecule has 2 heterocycles. The van der Waals surface area contributed by atoms with Gasteiger partial charge in [0.05, 0.1) is 5.69 Å². The van der Waals surface area contributed by atoms with Crippen LogP contribution in [0.2, 0.25) is 0 Å². The molecular formula is C26H25N2+. The van der Waals surface area contributed by atoms with E-state index in [0.717, 1.165) is 5.69 Å². The quantitative estimate of drug-likeness (QED) is 0.398. The SMILES string of the molecule is Cc1ccc2c(n1)C(C)(C)c1cc(-c3cc4ccccc4c[n+]3C)c(C)cc1-2. The van der Waals surface area contributed by atoms with Crippen LogP contribution in [-0.2, 0) is 12.5 Å². The molecule has 28 heavy (non-hydrogen) atoms. The number of fused-ring (bicyclic) bond motifs is 4. The van der Waals surface area contributed by atoms with Crippen molar-refractivity contribution in [2.75, 3.05) is 0 Å². The van der Waals surface area contributed by atoms with E-state index in [9.17, 15) is 0 Å². The Morgan fingerprint density at radius 2 is 1.57 bits per heavy atom. The smallest absolute Gasteiger partial charge is 0.213 e. The first-order valence-electron chi connectivity index (χ1n) is 9.88. The number of nitrogens with zero attached hydrogens (tertiary/aromatic N) is 2. The topological polar surface area (TPSA) is 16.8 Å². The Hall–Kier alpha value is -3.00. The molecule has 0 saturated heterocycles. The highest BCUT2D eigenvalue weighted by atomic mass is 14.9. The zero-order valence-electron chi connectivity index (χ0n) is 17.2. The maximum absolute atomic E-state index is 4.91. The Morgan fingerprint density at radius 3 is 2.36 bits per heavy atom. The fraction of sp³-hybridized carbons (Fsp3) is 0.231. The molecule has 4 aromatic rings. The molecule has 0 bridgehead atoms. The number of aryl methyl sites for hydroxylation is 3. The van der Waals surface area contributed by atoms with Gasteiger partial charge in [-0.05, 0) is 54.1 Å². The van der Waals surface area contributed by atoms with Crippen LogP contribution in [0.25, 0.3) is 33.2 Å². The molecule has 0 aliphatic heterocycles. The molecule has 1 aliphatic rings. The van der Waals surface area contributed by atoms with Gasteiger partial charge in [-0.15, -0.1) is 0 Å². The van der Waals surface area contributed by atoms with Crippen molar-refractivity contribution in [3.63, 3.8) is 0 Å². The summed E-state index contributed by atoms with van der Waals surface area (Å²) in [6.07, 6.45) is 2.22. The molecule has 2 nitrogen and oxygen atoms in total. The molecule has 0 atom stereocenters. The summed E-state index contributed by atoms with van der Waals surface area (Å²) in [4.78, 5) is 4.91. The number of hydrogen-bond acceptors (Lipinski definition) is 1. The van der Waals surface area contributed by atoms with Crippen LogP contribution in [0, 0.1) is 13.8 Å². The van der Waals surface area contributed by atoms with Gasteiger partial charge in [-0.1, -0.05) is 44.2 Å². The number of aromatic nitrogens is 2. The van der Waals surface area contributed by atoms with Gasteiger partial charge >= 0.3 is 0 Å². The highest BCUT2D eigenvalue weighted by Crippen LogP contribution is 2.49. The third-order valence-electron chi connectivity index (χ3n) is 6.23. The highest BCUT2D eigenvalue weighted by molar-refractivity contribution is 5.86. The lowest BCUT2D eigenvalue weighted by Gasteiger charge is -2.21. The molecule has 0 saturated carbocycles. The van der Waals surface area contributed by atoms with Crippen LogP contribution >= 0.6 is 0 Å². The van der Waals surface area contributed by atoms with Gasteiger partial charge in [0.2, 0.25) is 5.69 Å². The van der Waals surface area contributed by atoms with E-state index in [1.807, 2.05) is 0 Å². The molecule has 2 aromatic heterocycles. The first-order valence-corrected chi connectivity index (χ1v) is 9.88. The molecule has 0 N–H and O–H groups in total. The van der Waals surface area contributed by atoms with Gasteiger partial charge in [0.15, 0.2) is 6.20 Å². The van der Waals surface area contributed by atoms with E-state index in [1.165, 1.54) is 50.0 Å². The van der Waals surface area contributed by atoms with Crippen LogP contribution in [0.5, 0.6) is 0 Å². The highest BCUT2D eigenvalue weighted by Gasteiger charge is 2.38. The molecular weight excluding hydrogens is 340 g/mol. The monoisotopic (exact) mass is 365 g/mol. The van der Waals surface area contributed by atoms with E-state index in [4.69, 9.17) is 4.98 Å². The lowest BCUT2D eigenvalue weighted by Crippen LogP contribution is -2.30. The Morgan fingerprint density at radius 1 is 0.821 bits per heavy atom. The normalized spacial score (nSPS) is 14.2. The molecule has 2 heteroatoms. The third kappa shape index (κ3) is 2.34. The van der Waals surface area contributed by atoms with E-state index >= 15 is 0 Å². The van der Waals surface area contributed by atoms with Crippen LogP contribution in [0.15, 0.2) is 60.8 Å². The maximum atomic E-state index is 4.91. The lowest BCUT2D eigenvalue weighted by molar-refractivity contribution is -0.659. The van der Waals surface area contributed by atoms with Crippen molar-refractivity contribution >= 4 is 10.8 Å². The van der Waals surface area contributed by atoms with E-state index in [2.05, 4.69) is 100 Å². The summed E-state index contributed by atoms with van der Waals surface area (Å²) in [6.45, 7) is 8.88. The molecule has 0 fully saturated rings. The Labute approximate surface area is 166 Å². The number of pyridine rings is 2. The summed E-state index contributed by atoms with van der Waals surface area (Å²) in [5, 5.41) is 2.54. The fourth-order valence-corrected chi connectivity index (χ4v) is 4.66. The van der Waals surface area contributed by atoms with Crippen LogP contribution < -0.4 is 4.57 Å². The molecule has 0 radical (unpaired) electrons. The standard InChI is InChI=1S/C26H25N2/c1-16-12-22-20-11-10-17(2)27-25(20)26(3,4)23(22)14-21(16)24-13-18-8-6-7-9-19(18)15-28(24)5/h6-15H,1-5H3/q+1. The molecule has 0 unspecified atom stereocenters. The van der Waals surface area contributed by atoms with Gasteiger partial charge in [0.1, 0.15) is 7.05 Å². The Bertz CT molecular complexity index is 1270. The molecule has 0 amide bonds. The second-order valence-corrected chi connectivity index (χ2v) is 8.59. The summed E-state index contributed by atoms with van der Waals surface area (Å²) >= 11 is 0. The fourth-order valence-electron chi connectivity index (χ4n) is 4.66. The molecule has 5 rings (SSSR count). The lowest BCUT2D eigenvalue weighted by atomic mass is 9.83. The first-order chi connectivity index (χ1) is 13.4. The van der Waals surface area contributed by atoms with Crippen molar-refractivity contribution in [3.8, 4) is 22.4 Å². The largest absolute Gasteiger partial charge is 0.257 e. The van der Waals surface area contributed by atoms with E-state index < -0.39 is 0 Å². The summed E-state index contributed by atoms with van der Waals surface area (Å²) in [6, 6.07) is 20.0. The minimum absolute atomic E-state index is 0.0887. The van der Waals surface area contributed by atoms with Gasteiger partial charge in [-0.25, -0.2) is 4.57 Å². The third-order valence-corrected chi connectivity index (χ3v) is 6.23. The molecule has 138 valence electrons. The number of rotatable bonds is 1. The van der Waals surface area contributed by atoms with Gasteiger partial charge in [-0.3, -0.25) is 4.98 Å². The second-order valence-electron chi connectivity index (χ2n) is 8.59. The summed E-state index contributed by atoms with van der Waals surface area (Å²) in [5.41, 5.74) is 10.0. The minimum Gasteiger partial charge on any atom is -0.257 e. The van der Waals surface area contributed by atoms with Gasteiger partial charge < -0.3 is 0 Å². The predicted octanol–water partition coefficient (Wildman–Crippen LogP) is 5.65. The second kappa shape index (κ2) is 5.75. The number of benzene rings is 2. The molecule has 0 spiro atoms. The number of hydrogen-bond donors (Lipinski definition) is 0. The van der Waals surface area contributed by atoms with Crippen LogP contribution in [0.4, 0.5) is 0 Å². The van der Waals surface area contributed by atoms with Crippen molar-refractivity contribution in [2.45, 2.75) is 33.1 Å². The first kappa shape index (κ1) is 17.1. The van der Waals surface area contributed by atoms with Crippen LogP contribution in [0.3, 0.4) is 0 Å². The van der Waals surface area contributed by atoms with Crippen LogP contribution in [0.1, 0.15) is 36.4 Å². The summed E-state index contributed by atoms with van der Waals surface area (Å²) in [7, 11) is 2.14. The van der Waals surface area contributed by atoms with Crippen molar-refractivity contribution in [1.82, 2.24) is 4.98 Å². The zero-order chi connectivity index (χ0) is 19.6. The van der Waals surface area contributed by atoms with Gasteiger partial charge in [0, 0.05) is 33.7 Å². The van der Waals surface area contributed by atoms with Crippen molar-refractivity contribution < 1.29 is 4.57 Å². The van der Waals surface area contributed by atoms with Gasteiger partial charge in [-0.2, -0.15) is 0 Å². The average molecular weight is 366 g/mol. The van der Waals surface area contributed by atoms with E-state index in [-0.39, 0.29) is 5.41 Å². The van der Waals surface area contributed by atoms with Crippen molar-refractivity contribution in [1.29, 1.82) is 0 Å². The molecule has 1 aliphatic carbocycles. The van der Waals surface area contributed by atoms with Crippen molar-refractivity contribution in [2.24, 2.45) is 7.05 Å². The van der Waals surface area contributed by atoms with E-state index in [0.29, 0.717) is 0 Å². The Balaban J connectivity index is 1.77. The Kier molecular flexibility index (Phi) is 3.51. The maximum Gasteiger partial charge on any atom is 0.213 e. The molecule has 2 aromatic carbocycles. The van der Waals surface area contributed by atoms with Crippen LogP contribution in [-0.4, -0.2) is 4.98 Å². The zero-order valence-corrected chi connectivity index (χ0v) is 17.2.